The van der Waals surface area contributed by atoms with Crippen LogP contribution < -0.4 is 5.73 Å². The standard InChI is InChI=1S/C11H17N5O9P2/c12-9-11-15-14-10(16(11)2-1-13-9)8-7(18)6(17)5(25-8)3-24-27(22,23)4-26(19,20)21/h1-2,5-8,17-18H,3-4H2,(H2,12,13)(H,22,23)(H2,19,20,21)/t5-,6-,7-,8?/m1/s1. The fourth-order valence-electron chi connectivity index (χ4n) is 2.62. The molecule has 7 N–H and O–H groups in total. The number of rotatable bonds is 6. The number of aliphatic hydroxyl groups excluding tert-OH is 2. The van der Waals surface area contributed by atoms with Gasteiger partial charge < -0.3 is 39.9 Å². The summed E-state index contributed by atoms with van der Waals surface area (Å²) >= 11 is 0. The van der Waals surface area contributed by atoms with E-state index in [-0.39, 0.29) is 17.3 Å². The lowest BCUT2D eigenvalue weighted by Gasteiger charge is -2.18. The van der Waals surface area contributed by atoms with Crippen LogP contribution in [-0.4, -0.2) is 75.3 Å². The van der Waals surface area contributed by atoms with Crippen LogP contribution in [0.5, 0.6) is 0 Å². The molecule has 16 heteroatoms. The molecule has 0 amide bonds. The highest BCUT2D eigenvalue weighted by Gasteiger charge is 2.46. The van der Waals surface area contributed by atoms with E-state index < -0.39 is 52.1 Å². The third-order valence-corrected chi connectivity index (χ3v) is 7.26. The van der Waals surface area contributed by atoms with Gasteiger partial charge in [-0.3, -0.25) is 13.5 Å². The molecule has 1 fully saturated rings. The molecule has 1 aliphatic heterocycles. The van der Waals surface area contributed by atoms with Crippen LogP contribution in [0.25, 0.3) is 5.65 Å². The minimum atomic E-state index is -4.79. The summed E-state index contributed by atoms with van der Waals surface area (Å²) in [4.78, 5) is 30.9. The topological polar surface area (TPSA) is 223 Å². The first-order valence-electron chi connectivity index (χ1n) is 7.46. The molecular weight excluding hydrogens is 408 g/mol. The molecule has 1 saturated heterocycles. The highest BCUT2D eigenvalue weighted by molar-refractivity contribution is 7.70. The Labute approximate surface area is 151 Å². The Morgan fingerprint density at radius 1 is 1.22 bits per heavy atom. The lowest BCUT2D eigenvalue weighted by molar-refractivity contribution is -0.0216. The fourth-order valence-corrected chi connectivity index (χ4v) is 5.19. The van der Waals surface area contributed by atoms with Crippen molar-refractivity contribution in [2.75, 3.05) is 18.2 Å². The van der Waals surface area contributed by atoms with Crippen molar-refractivity contribution in [3.63, 3.8) is 0 Å². The highest BCUT2D eigenvalue weighted by atomic mass is 31.2. The molecule has 0 bridgehead atoms. The maximum absolute atomic E-state index is 11.7. The van der Waals surface area contributed by atoms with Gasteiger partial charge >= 0.3 is 15.2 Å². The minimum absolute atomic E-state index is 0.0859. The second-order valence-corrected chi connectivity index (χ2v) is 9.87. The highest BCUT2D eigenvalue weighted by Crippen LogP contribution is 2.55. The van der Waals surface area contributed by atoms with Crippen molar-refractivity contribution in [3.8, 4) is 0 Å². The number of fused-ring (bicyclic) bond motifs is 1. The summed E-state index contributed by atoms with van der Waals surface area (Å²) < 4.78 is 34.0. The number of nitrogen functional groups attached to an aromatic ring is 1. The van der Waals surface area contributed by atoms with Crippen molar-refractivity contribution in [1.82, 2.24) is 19.6 Å². The monoisotopic (exact) mass is 425 g/mol. The van der Waals surface area contributed by atoms with E-state index in [1.165, 1.54) is 16.8 Å². The SMILES string of the molecule is Nc1nccn2c(C3O[C@H](COP(=O)(O)CP(=O)(O)O)[C@@H](O)[C@H]3O)nnc12. The number of nitrogens with two attached hydrogens (primary N) is 1. The molecule has 2 unspecified atom stereocenters. The zero-order valence-electron chi connectivity index (χ0n) is 13.5. The van der Waals surface area contributed by atoms with Crippen molar-refractivity contribution < 1.29 is 43.3 Å². The van der Waals surface area contributed by atoms with E-state index in [4.69, 9.17) is 20.3 Å². The molecule has 0 aromatic carbocycles. The Hall–Kier alpha value is -1.47. The number of nitrogens with zero attached hydrogens (tertiary/aromatic N) is 4. The van der Waals surface area contributed by atoms with Gasteiger partial charge in [-0.1, -0.05) is 0 Å². The maximum Gasteiger partial charge on any atom is 0.340 e. The number of hydrogen-bond acceptors (Lipinski definition) is 10. The van der Waals surface area contributed by atoms with Crippen molar-refractivity contribution >= 4 is 26.7 Å². The largest absolute Gasteiger partial charge is 0.387 e. The number of anilines is 1. The Morgan fingerprint density at radius 3 is 2.59 bits per heavy atom. The second kappa shape index (κ2) is 7.17. The molecule has 150 valence electrons. The molecule has 3 heterocycles. The second-order valence-electron chi connectivity index (χ2n) is 5.88. The lowest BCUT2D eigenvalue weighted by atomic mass is 10.1. The molecule has 3 rings (SSSR count). The zero-order chi connectivity index (χ0) is 20.0. The van der Waals surface area contributed by atoms with Crippen LogP contribution in [-0.2, 0) is 18.4 Å². The molecule has 1 aliphatic rings. The number of aliphatic hydroxyl groups is 2. The van der Waals surface area contributed by atoms with E-state index in [0.717, 1.165) is 0 Å². The summed E-state index contributed by atoms with van der Waals surface area (Å²) in [5.74, 6) is -1.19. The van der Waals surface area contributed by atoms with Crippen LogP contribution in [0, 0.1) is 0 Å². The summed E-state index contributed by atoms with van der Waals surface area (Å²) in [6.07, 6.45) is -2.57. The van der Waals surface area contributed by atoms with Gasteiger partial charge in [0.05, 0.1) is 6.61 Å². The molecule has 0 saturated carbocycles. The van der Waals surface area contributed by atoms with Gasteiger partial charge in [-0.2, -0.15) is 0 Å². The van der Waals surface area contributed by atoms with Gasteiger partial charge in [0.2, 0.25) is 5.65 Å². The molecule has 0 radical (unpaired) electrons. The van der Waals surface area contributed by atoms with Gasteiger partial charge in [0.1, 0.15) is 24.4 Å². The Kier molecular flexibility index (Phi) is 5.38. The molecular formula is C11H17N5O9P2. The summed E-state index contributed by atoms with van der Waals surface area (Å²) in [6, 6.07) is 0. The quantitative estimate of drug-likeness (QED) is 0.282. The normalized spacial score (nSPS) is 28.5. The third kappa shape index (κ3) is 4.35. The smallest absolute Gasteiger partial charge is 0.340 e. The average molecular weight is 425 g/mol. The summed E-state index contributed by atoms with van der Waals surface area (Å²) in [5.41, 5.74) is 5.88. The van der Waals surface area contributed by atoms with E-state index >= 15 is 0 Å². The Balaban J connectivity index is 1.75. The van der Waals surface area contributed by atoms with E-state index in [0.29, 0.717) is 0 Å². The van der Waals surface area contributed by atoms with Crippen molar-refractivity contribution in [2.24, 2.45) is 0 Å². The van der Waals surface area contributed by atoms with Gasteiger partial charge in [0.15, 0.2) is 17.5 Å². The van der Waals surface area contributed by atoms with E-state index in [9.17, 15) is 24.2 Å². The van der Waals surface area contributed by atoms with Gasteiger partial charge in [-0.15, -0.1) is 10.2 Å². The van der Waals surface area contributed by atoms with Crippen molar-refractivity contribution in [2.45, 2.75) is 24.4 Å². The first-order chi connectivity index (χ1) is 12.5. The molecule has 27 heavy (non-hydrogen) atoms. The molecule has 2 aromatic heterocycles. The lowest BCUT2D eigenvalue weighted by Crippen LogP contribution is -2.33. The van der Waals surface area contributed by atoms with Crippen LogP contribution in [0.4, 0.5) is 5.82 Å². The molecule has 14 nitrogen and oxygen atoms in total. The van der Waals surface area contributed by atoms with Gasteiger partial charge in [-0.25, -0.2) is 4.98 Å². The maximum atomic E-state index is 11.7. The van der Waals surface area contributed by atoms with E-state index in [1.807, 2.05) is 0 Å². The molecule has 2 aromatic rings. The summed E-state index contributed by atoms with van der Waals surface area (Å²) in [7, 11) is -9.42. The van der Waals surface area contributed by atoms with Crippen LogP contribution >= 0.6 is 15.2 Å². The van der Waals surface area contributed by atoms with Crippen LogP contribution in [0.3, 0.4) is 0 Å². The van der Waals surface area contributed by atoms with Crippen LogP contribution in [0.2, 0.25) is 0 Å². The number of ether oxygens (including phenoxy) is 1. The van der Waals surface area contributed by atoms with E-state index in [2.05, 4.69) is 19.7 Å². The first-order valence-corrected chi connectivity index (χ1v) is 11.0. The third-order valence-electron chi connectivity index (χ3n) is 3.80. The van der Waals surface area contributed by atoms with Gasteiger partial charge in [-0.05, 0) is 0 Å². The fraction of sp³-hybridized carbons (Fsp3) is 0.545. The van der Waals surface area contributed by atoms with Gasteiger partial charge in [0, 0.05) is 12.4 Å². The van der Waals surface area contributed by atoms with Crippen molar-refractivity contribution in [3.05, 3.63) is 18.2 Å². The Morgan fingerprint density at radius 2 is 1.93 bits per heavy atom. The minimum Gasteiger partial charge on any atom is -0.387 e. The van der Waals surface area contributed by atoms with Gasteiger partial charge in [0.25, 0.3) is 0 Å². The first kappa shape index (κ1) is 20.3. The van der Waals surface area contributed by atoms with E-state index in [1.54, 1.807) is 0 Å². The molecule has 5 atom stereocenters. The molecule has 0 spiro atoms. The zero-order valence-corrected chi connectivity index (χ0v) is 15.3. The van der Waals surface area contributed by atoms with Crippen LogP contribution in [0.1, 0.15) is 11.9 Å². The van der Waals surface area contributed by atoms with Crippen LogP contribution in [0.15, 0.2) is 12.4 Å². The number of aromatic nitrogens is 4. The number of hydrogen-bond donors (Lipinski definition) is 6. The predicted octanol–water partition coefficient (Wildman–Crippen LogP) is -1.79. The van der Waals surface area contributed by atoms with Crippen molar-refractivity contribution in [1.29, 1.82) is 0 Å². The average Bonchev–Trinajstić information content (AvgIpc) is 3.07. The Bertz CT molecular complexity index is 932. The summed E-state index contributed by atoms with van der Waals surface area (Å²) in [5, 5.41) is 28.0. The summed E-state index contributed by atoms with van der Waals surface area (Å²) in [6.45, 7) is -0.692. The molecule has 0 aliphatic carbocycles. The predicted molar refractivity (Wildman–Crippen MR) is 87.5 cm³/mol.